The van der Waals surface area contributed by atoms with Crippen LogP contribution in [-0.2, 0) is 4.74 Å². The zero-order valence-electron chi connectivity index (χ0n) is 4.92. The van der Waals surface area contributed by atoms with Gasteiger partial charge in [-0.05, 0) is 18.9 Å². The molecule has 1 aliphatic heterocycles. The highest BCUT2D eigenvalue weighted by molar-refractivity contribution is 5.06. The molecule has 0 bridgehead atoms. The van der Waals surface area contributed by atoms with Crippen molar-refractivity contribution in [3.8, 4) is 0 Å². The van der Waals surface area contributed by atoms with Crippen LogP contribution >= 0.6 is 0 Å². The molecule has 8 heavy (non-hydrogen) atoms. The first-order valence-corrected chi connectivity index (χ1v) is 2.79. The molecule has 0 radical (unpaired) electrons. The highest BCUT2D eigenvalue weighted by Crippen LogP contribution is 2.16. The second-order valence-corrected chi connectivity index (χ2v) is 1.84. The van der Waals surface area contributed by atoms with Crippen LogP contribution in [0.15, 0.2) is 11.6 Å². The fraction of sp³-hybridized carbons (Fsp3) is 0.667. The SMILES string of the molecule is CC=C1CCO[C@@H]1O. The van der Waals surface area contributed by atoms with E-state index in [1.54, 1.807) is 0 Å². The highest BCUT2D eigenvalue weighted by Gasteiger charge is 2.16. The standard InChI is InChI=1S/C6H10O2/c1-2-5-3-4-8-6(5)7/h2,6-7H,3-4H2,1H3/t6-/m0/s1. The smallest absolute Gasteiger partial charge is 0.177 e. The van der Waals surface area contributed by atoms with Gasteiger partial charge in [-0.25, -0.2) is 0 Å². The summed E-state index contributed by atoms with van der Waals surface area (Å²) in [6, 6.07) is 0. The molecule has 1 atom stereocenters. The molecule has 0 unspecified atom stereocenters. The summed E-state index contributed by atoms with van der Waals surface area (Å²) in [6.45, 7) is 2.58. The summed E-state index contributed by atoms with van der Waals surface area (Å²) in [5, 5.41) is 8.90. The summed E-state index contributed by atoms with van der Waals surface area (Å²) in [5.41, 5.74) is 1.00. The van der Waals surface area contributed by atoms with Crippen molar-refractivity contribution in [2.75, 3.05) is 6.61 Å². The zero-order chi connectivity index (χ0) is 5.98. The van der Waals surface area contributed by atoms with Crippen molar-refractivity contribution in [3.05, 3.63) is 11.6 Å². The molecule has 2 heteroatoms. The van der Waals surface area contributed by atoms with Gasteiger partial charge in [0.05, 0.1) is 6.61 Å². The molecule has 1 rings (SSSR count). The molecule has 1 heterocycles. The largest absolute Gasteiger partial charge is 0.364 e. The third-order valence-electron chi connectivity index (χ3n) is 1.35. The molecule has 0 aromatic rings. The minimum absolute atomic E-state index is 0.611. The molecule has 46 valence electrons. The first-order chi connectivity index (χ1) is 3.84. The number of aliphatic hydroxyl groups is 1. The lowest BCUT2D eigenvalue weighted by molar-refractivity contribution is -0.0396. The van der Waals surface area contributed by atoms with Gasteiger partial charge in [-0.2, -0.15) is 0 Å². The lowest BCUT2D eigenvalue weighted by Gasteiger charge is -1.99. The Morgan fingerprint density at radius 2 is 2.62 bits per heavy atom. The van der Waals surface area contributed by atoms with Gasteiger partial charge in [0.25, 0.3) is 0 Å². The van der Waals surface area contributed by atoms with E-state index in [2.05, 4.69) is 0 Å². The van der Waals surface area contributed by atoms with Crippen molar-refractivity contribution >= 4 is 0 Å². The van der Waals surface area contributed by atoms with E-state index >= 15 is 0 Å². The fourth-order valence-corrected chi connectivity index (χ4v) is 0.806. The maximum Gasteiger partial charge on any atom is 0.177 e. The molecule has 0 aromatic carbocycles. The second kappa shape index (κ2) is 2.29. The van der Waals surface area contributed by atoms with E-state index in [9.17, 15) is 0 Å². The van der Waals surface area contributed by atoms with E-state index in [4.69, 9.17) is 9.84 Å². The average Bonchev–Trinajstić information content (AvgIpc) is 2.14. The molecule has 1 aliphatic rings. The molecule has 0 amide bonds. The van der Waals surface area contributed by atoms with Gasteiger partial charge in [0, 0.05) is 0 Å². The number of hydrogen-bond acceptors (Lipinski definition) is 2. The Morgan fingerprint density at radius 3 is 2.88 bits per heavy atom. The van der Waals surface area contributed by atoms with Crippen LogP contribution in [0.2, 0.25) is 0 Å². The Balaban J connectivity index is 2.55. The quantitative estimate of drug-likeness (QED) is 0.469. The molecular formula is C6H10O2. The van der Waals surface area contributed by atoms with Crippen molar-refractivity contribution in [2.45, 2.75) is 19.6 Å². The van der Waals surface area contributed by atoms with Crippen molar-refractivity contribution in [1.29, 1.82) is 0 Å². The normalized spacial score (nSPS) is 34.2. The summed E-state index contributed by atoms with van der Waals surface area (Å²) in [4.78, 5) is 0. The lowest BCUT2D eigenvalue weighted by atomic mass is 10.2. The van der Waals surface area contributed by atoms with Crippen LogP contribution in [0.1, 0.15) is 13.3 Å². The lowest BCUT2D eigenvalue weighted by Crippen LogP contribution is -2.03. The Hall–Kier alpha value is -0.340. The number of hydrogen-bond donors (Lipinski definition) is 1. The average molecular weight is 114 g/mol. The van der Waals surface area contributed by atoms with Gasteiger partial charge < -0.3 is 9.84 Å². The van der Waals surface area contributed by atoms with Gasteiger partial charge in [-0.1, -0.05) is 6.08 Å². The third kappa shape index (κ3) is 0.904. The van der Waals surface area contributed by atoms with E-state index in [0.717, 1.165) is 12.0 Å². The molecule has 0 aromatic heterocycles. The van der Waals surface area contributed by atoms with Crippen LogP contribution in [-0.4, -0.2) is 18.0 Å². The Kier molecular flexibility index (Phi) is 1.65. The van der Waals surface area contributed by atoms with Crippen molar-refractivity contribution in [3.63, 3.8) is 0 Å². The van der Waals surface area contributed by atoms with Crippen LogP contribution in [0.4, 0.5) is 0 Å². The number of rotatable bonds is 0. The third-order valence-corrected chi connectivity index (χ3v) is 1.35. The molecule has 1 N–H and O–H groups in total. The van der Waals surface area contributed by atoms with Gasteiger partial charge in [0.1, 0.15) is 0 Å². The van der Waals surface area contributed by atoms with Gasteiger partial charge in [-0.15, -0.1) is 0 Å². The highest BCUT2D eigenvalue weighted by atomic mass is 16.6. The summed E-state index contributed by atoms with van der Waals surface area (Å²) in [7, 11) is 0. The number of aliphatic hydroxyl groups excluding tert-OH is 1. The van der Waals surface area contributed by atoms with E-state index in [-0.39, 0.29) is 0 Å². The Morgan fingerprint density at radius 1 is 1.88 bits per heavy atom. The summed E-state index contributed by atoms with van der Waals surface area (Å²) in [5.74, 6) is 0. The molecule has 0 spiro atoms. The first-order valence-electron chi connectivity index (χ1n) is 2.79. The van der Waals surface area contributed by atoms with E-state index in [1.807, 2.05) is 13.0 Å². The van der Waals surface area contributed by atoms with Crippen LogP contribution < -0.4 is 0 Å². The molecule has 1 saturated heterocycles. The van der Waals surface area contributed by atoms with Crippen LogP contribution in [0, 0.1) is 0 Å². The second-order valence-electron chi connectivity index (χ2n) is 1.84. The minimum Gasteiger partial charge on any atom is -0.364 e. The summed E-state index contributed by atoms with van der Waals surface area (Å²) >= 11 is 0. The monoisotopic (exact) mass is 114 g/mol. The van der Waals surface area contributed by atoms with Gasteiger partial charge in [0.2, 0.25) is 0 Å². The summed E-state index contributed by atoms with van der Waals surface area (Å²) in [6.07, 6.45) is 2.18. The fourth-order valence-electron chi connectivity index (χ4n) is 0.806. The minimum atomic E-state index is -0.611. The Bertz CT molecular complexity index is 107. The maximum absolute atomic E-state index is 8.90. The van der Waals surface area contributed by atoms with Crippen molar-refractivity contribution < 1.29 is 9.84 Å². The van der Waals surface area contributed by atoms with Crippen LogP contribution in [0.25, 0.3) is 0 Å². The van der Waals surface area contributed by atoms with Crippen molar-refractivity contribution in [2.24, 2.45) is 0 Å². The summed E-state index contributed by atoms with van der Waals surface area (Å²) < 4.78 is 4.84. The molecule has 2 nitrogen and oxygen atoms in total. The predicted molar refractivity (Wildman–Crippen MR) is 30.3 cm³/mol. The number of ether oxygens (including phenoxy) is 1. The van der Waals surface area contributed by atoms with E-state index in [1.165, 1.54) is 0 Å². The maximum atomic E-state index is 8.90. The van der Waals surface area contributed by atoms with Gasteiger partial charge in [0.15, 0.2) is 6.29 Å². The number of allylic oxidation sites excluding steroid dienone is 1. The van der Waals surface area contributed by atoms with Gasteiger partial charge in [-0.3, -0.25) is 0 Å². The van der Waals surface area contributed by atoms with Crippen molar-refractivity contribution in [1.82, 2.24) is 0 Å². The molecule has 1 fully saturated rings. The predicted octanol–water partition coefficient (Wildman–Crippen LogP) is 0.671. The first kappa shape index (κ1) is 5.79. The van der Waals surface area contributed by atoms with Crippen LogP contribution in [0.5, 0.6) is 0 Å². The molecular weight excluding hydrogens is 104 g/mol. The Labute approximate surface area is 48.8 Å². The van der Waals surface area contributed by atoms with E-state index < -0.39 is 6.29 Å². The van der Waals surface area contributed by atoms with Gasteiger partial charge >= 0.3 is 0 Å². The molecule has 0 aliphatic carbocycles. The van der Waals surface area contributed by atoms with E-state index in [0.29, 0.717) is 6.61 Å². The zero-order valence-corrected chi connectivity index (χ0v) is 4.92. The van der Waals surface area contributed by atoms with Crippen LogP contribution in [0.3, 0.4) is 0 Å². The molecule has 0 saturated carbocycles. The topological polar surface area (TPSA) is 29.5 Å².